The van der Waals surface area contributed by atoms with Gasteiger partial charge in [-0.3, -0.25) is 9.59 Å². The van der Waals surface area contributed by atoms with Crippen LogP contribution in [0, 0.1) is 5.41 Å². The van der Waals surface area contributed by atoms with Crippen molar-refractivity contribution in [2.75, 3.05) is 32.8 Å². The van der Waals surface area contributed by atoms with Gasteiger partial charge < -0.3 is 23.8 Å². The van der Waals surface area contributed by atoms with Crippen molar-refractivity contribution >= 4 is 11.8 Å². The van der Waals surface area contributed by atoms with Crippen LogP contribution in [0.1, 0.15) is 29.6 Å². The average Bonchev–Trinajstić information content (AvgIpc) is 3.58. The molecule has 0 radical (unpaired) electrons. The van der Waals surface area contributed by atoms with Crippen LogP contribution in [0.5, 0.6) is 11.5 Å². The van der Waals surface area contributed by atoms with Gasteiger partial charge in [0.25, 0.3) is 11.8 Å². The monoisotopic (exact) mass is 527 g/mol. The number of hydrogen-bond acceptors (Lipinski definition) is 4. The molecular formula is C28H28F3N3O4. The van der Waals surface area contributed by atoms with Gasteiger partial charge in [-0.2, -0.15) is 0 Å². The Morgan fingerprint density at radius 2 is 1.42 bits per heavy atom. The zero-order valence-electron chi connectivity index (χ0n) is 20.7. The number of rotatable bonds is 6. The Labute approximate surface area is 218 Å². The van der Waals surface area contributed by atoms with E-state index in [4.69, 9.17) is 4.74 Å². The van der Waals surface area contributed by atoms with Gasteiger partial charge >= 0.3 is 6.36 Å². The fraction of sp³-hybridized carbons (Fsp3) is 0.357. The molecule has 1 spiro atoms. The highest BCUT2D eigenvalue weighted by Crippen LogP contribution is 2.41. The molecule has 2 fully saturated rings. The molecule has 0 atom stereocenters. The number of nitrogens with zero attached hydrogens (tertiary/aromatic N) is 3. The van der Waals surface area contributed by atoms with Crippen LogP contribution in [0.3, 0.4) is 0 Å². The Bertz CT molecular complexity index is 1270. The molecule has 2 amide bonds. The van der Waals surface area contributed by atoms with Crippen molar-refractivity contribution in [3.05, 3.63) is 78.6 Å². The summed E-state index contributed by atoms with van der Waals surface area (Å²) in [5.74, 6) is -0.226. The summed E-state index contributed by atoms with van der Waals surface area (Å²) in [6, 6.07) is 16.4. The third-order valence-electron chi connectivity index (χ3n) is 7.34. The molecule has 5 rings (SSSR count). The van der Waals surface area contributed by atoms with Crippen LogP contribution < -0.4 is 9.47 Å². The van der Waals surface area contributed by atoms with Crippen LogP contribution in [-0.4, -0.2) is 65.3 Å². The molecule has 0 N–H and O–H groups in total. The lowest BCUT2D eigenvalue weighted by atomic mass is 9.77. The molecule has 1 aromatic heterocycles. The number of benzene rings is 2. The summed E-state index contributed by atoms with van der Waals surface area (Å²) in [5, 5.41) is 0. The first-order valence-electron chi connectivity index (χ1n) is 12.5. The maximum atomic E-state index is 13.4. The highest BCUT2D eigenvalue weighted by molar-refractivity contribution is 5.97. The number of amides is 2. The standard InChI is InChI=1S/C28H28F3N3O4/c29-28(30,31)38-22-9-7-21(8-10-22)37-19-25(35)34-18-13-27(20-34)11-16-33(17-12-27)26(36)23-5-1-2-6-24(23)32-14-3-4-15-32/h1-10,14-15H,11-13,16-20H2. The van der Waals surface area contributed by atoms with E-state index in [1.165, 1.54) is 12.1 Å². The van der Waals surface area contributed by atoms with Gasteiger partial charge in [-0.1, -0.05) is 12.1 Å². The summed E-state index contributed by atoms with van der Waals surface area (Å²) < 4.78 is 48.2. The second-order valence-corrected chi connectivity index (χ2v) is 9.77. The molecular weight excluding hydrogens is 499 g/mol. The van der Waals surface area contributed by atoms with Crippen LogP contribution in [0.4, 0.5) is 13.2 Å². The highest BCUT2D eigenvalue weighted by atomic mass is 19.4. The van der Waals surface area contributed by atoms with E-state index in [0.29, 0.717) is 31.7 Å². The van der Waals surface area contributed by atoms with Gasteiger partial charge in [0.15, 0.2) is 6.61 Å². The van der Waals surface area contributed by atoms with Crippen molar-refractivity contribution in [2.45, 2.75) is 25.6 Å². The second-order valence-electron chi connectivity index (χ2n) is 9.77. The fourth-order valence-electron chi connectivity index (χ4n) is 5.26. The lowest BCUT2D eigenvalue weighted by Crippen LogP contribution is -2.45. The Balaban J connectivity index is 1.12. The molecule has 3 heterocycles. The molecule has 2 aromatic carbocycles. The maximum Gasteiger partial charge on any atom is 0.573 e. The van der Waals surface area contributed by atoms with Crippen LogP contribution in [0.25, 0.3) is 5.69 Å². The number of ether oxygens (including phenoxy) is 2. The zero-order valence-corrected chi connectivity index (χ0v) is 20.7. The molecule has 2 aliphatic rings. The van der Waals surface area contributed by atoms with Crippen LogP contribution >= 0.6 is 0 Å². The van der Waals surface area contributed by atoms with E-state index in [-0.39, 0.29) is 35.3 Å². The Kier molecular flexibility index (Phi) is 7.05. The summed E-state index contributed by atoms with van der Waals surface area (Å²) in [7, 11) is 0. The van der Waals surface area contributed by atoms with Crippen LogP contribution in [0.2, 0.25) is 0 Å². The summed E-state index contributed by atoms with van der Waals surface area (Å²) in [4.78, 5) is 29.8. The molecule has 0 aliphatic carbocycles. The first-order valence-corrected chi connectivity index (χ1v) is 12.5. The van der Waals surface area contributed by atoms with Gasteiger partial charge in [0.2, 0.25) is 0 Å². The SMILES string of the molecule is O=C(COc1ccc(OC(F)(F)F)cc1)N1CCC2(CCN(C(=O)c3ccccc3-n3cccc3)CC2)C1. The third-order valence-corrected chi connectivity index (χ3v) is 7.34. The van der Waals surface area contributed by atoms with Crippen molar-refractivity contribution in [2.24, 2.45) is 5.41 Å². The minimum atomic E-state index is -4.76. The van der Waals surface area contributed by atoms with Gasteiger partial charge in [0.1, 0.15) is 11.5 Å². The Morgan fingerprint density at radius 3 is 2.08 bits per heavy atom. The Morgan fingerprint density at radius 1 is 0.816 bits per heavy atom. The highest BCUT2D eigenvalue weighted by Gasteiger charge is 2.43. The summed E-state index contributed by atoms with van der Waals surface area (Å²) >= 11 is 0. The predicted octanol–water partition coefficient (Wildman–Crippen LogP) is 4.91. The number of piperidine rings is 1. The minimum absolute atomic E-state index is 0.00938. The lowest BCUT2D eigenvalue weighted by Gasteiger charge is -2.39. The summed E-state index contributed by atoms with van der Waals surface area (Å²) in [6.07, 6.45) is 1.57. The molecule has 2 aliphatic heterocycles. The topological polar surface area (TPSA) is 64.0 Å². The van der Waals surface area contributed by atoms with E-state index >= 15 is 0 Å². The molecule has 7 nitrogen and oxygen atoms in total. The number of para-hydroxylation sites is 1. The van der Waals surface area contributed by atoms with E-state index in [0.717, 1.165) is 37.1 Å². The summed E-state index contributed by atoms with van der Waals surface area (Å²) in [6.45, 7) is 2.28. The molecule has 200 valence electrons. The zero-order chi connectivity index (χ0) is 26.8. The average molecular weight is 528 g/mol. The van der Waals surface area contributed by atoms with Crippen molar-refractivity contribution in [3.63, 3.8) is 0 Å². The van der Waals surface area contributed by atoms with E-state index < -0.39 is 6.36 Å². The van der Waals surface area contributed by atoms with Crippen molar-refractivity contribution in [1.82, 2.24) is 14.4 Å². The minimum Gasteiger partial charge on any atom is -0.484 e. The van der Waals surface area contributed by atoms with E-state index in [2.05, 4.69) is 4.74 Å². The second kappa shape index (κ2) is 10.4. The van der Waals surface area contributed by atoms with Gasteiger partial charge in [-0.15, -0.1) is 13.2 Å². The third kappa shape index (κ3) is 5.79. The molecule has 3 aromatic rings. The van der Waals surface area contributed by atoms with Crippen LogP contribution in [0.15, 0.2) is 73.1 Å². The number of hydrogen-bond donors (Lipinski definition) is 0. The van der Waals surface area contributed by atoms with Crippen LogP contribution in [-0.2, 0) is 4.79 Å². The van der Waals surface area contributed by atoms with E-state index in [9.17, 15) is 22.8 Å². The lowest BCUT2D eigenvalue weighted by molar-refractivity contribution is -0.274. The summed E-state index contributed by atoms with van der Waals surface area (Å²) in [5.41, 5.74) is 1.49. The fourth-order valence-corrected chi connectivity index (χ4v) is 5.26. The number of aromatic nitrogens is 1. The van der Waals surface area contributed by atoms with Gasteiger partial charge in [-0.25, -0.2) is 0 Å². The predicted molar refractivity (Wildman–Crippen MR) is 133 cm³/mol. The first-order chi connectivity index (χ1) is 18.2. The molecule has 2 saturated heterocycles. The van der Waals surface area contributed by atoms with Gasteiger partial charge in [-0.05, 0) is 73.2 Å². The normalized spacial score (nSPS) is 17.0. The maximum absolute atomic E-state index is 13.4. The Hall–Kier alpha value is -3.95. The number of likely N-dealkylation sites (tertiary alicyclic amines) is 2. The number of carbonyl (C=O) groups excluding carboxylic acids is 2. The smallest absolute Gasteiger partial charge is 0.484 e. The largest absolute Gasteiger partial charge is 0.573 e. The van der Waals surface area contributed by atoms with E-state index in [1.54, 1.807) is 4.90 Å². The van der Waals surface area contributed by atoms with Crippen molar-refractivity contribution in [3.8, 4) is 17.2 Å². The first kappa shape index (κ1) is 25.7. The van der Waals surface area contributed by atoms with Gasteiger partial charge in [0, 0.05) is 38.6 Å². The molecule has 10 heteroatoms. The van der Waals surface area contributed by atoms with Crippen molar-refractivity contribution < 1.29 is 32.2 Å². The molecule has 0 saturated carbocycles. The quantitative estimate of drug-likeness (QED) is 0.457. The number of alkyl halides is 3. The molecule has 0 bridgehead atoms. The van der Waals surface area contributed by atoms with E-state index in [1.807, 2.05) is 58.3 Å². The van der Waals surface area contributed by atoms with Gasteiger partial charge in [0.05, 0.1) is 11.3 Å². The number of carbonyl (C=O) groups is 2. The molecule has 0 unspecified atom stereocenters. The number of halogens is 3. The molecule has 38 heavy (non-hydrogen) atoms. The van der Waals surface area contributed by atoms with Crippen molar-refractivity contribution in [1.29, 1.82) is 0 Å².